The van der Waals surface area contributed by atoms with Gasteiger partial charge in [-0.05, 0) is 65.4 Å². The van der Waals surface area contributed by atoms with Crippen LogP contribution in [0.5, 0.6) is 17.2 Å². The molecule has 0 aliphatic rings. The minimum absolute atomic E-state index is 0.0473. The largest absolute Gasteiger partial charge is 0.490 e. The van der Waals surface area contributed by atoms with Gasteiger partial charge in [-0.3, -0.25) is 35.3 Å². The summed E-state index contributed by atoms with van der Waals surface area (Å²) in [5.41, 5.74) is 0.0824. The Labute approximate surface area is 205 Å². The summed E-state index contributed by atoms with van der Waals surface area (Å²) in [7, 11) is 0. The molecule has 3 rings (SSSR count). The van der Waals surface area contributed by atoms with Crippen molar-refractivity contribution in [2.45, 2.75) is 6.92 Å². The first-order chi connectivity index (χ1) is 16.2. The maximum absolute atomic E-state index is 11.4. The van der Waals surface area contributed by atoms with E-state index in [0.717, 1.165) is 18.2 Å². The maximum atomic E-state index is 11.4. The van der Waals surface area contributed by atoms with Crippen LogP contribution in [0.3, 0.4) is 0 Å². The molecule has 13 heteroatoms. The molecule has 34 heavy (non-hydrogen) atoms. The highest BCUT2D eigenvalue weighted by Crippen LogP contribution is 2.41. The van der Waals surface area contributed by atoms with Gasteiger partial charge in [-0.2, -0.15) is 0 Å². The minimum atomic E-state index is -0.763. The van der Waals surface area contributed by atoms with Gasteiger partial charge in [0.05, 0.1) is 36.7 Å². The lowest BCUT2D eigenvalue weighted by molar-refractivity contribution is -0.394. The Morgan fingerprint density at radius 1 is 0.882 bits per heavy atom. The van der Waals surface area contributed by atoms with E-state index in [1.54, 1.807) is 19.1 Å². The number of halogens is 1. The number of nitro benzene ring substituents is 3. The van der Waals surface area contributed by atoms with Crippen LogP contribution in [0.1, 0.15) is 12.5 Å². The molecule has 0 saturated heterocycles. The fourth-order valence-corrected chi connectivity index (χ4v) is 3.53. The molecule has 12 nitrogen and oxygen atoms in total. The van der Waals surface area contributed by atoms with Crippen molar-refractivity contribution in [2.24, 2.45) is 4.99 Å². The van der Waals surface area contributed by atoms with Gasteiger partial charge in [0, 0.05) is 24.4 Å². The molecule has 0 N–H and O–H groups in total. The fourth-order valence-electron chi connectivity index (χ4n) is 2.79. The number of ether oxygens (including phenoxy) is 2. The number of hydrogen-bond acceptors (Lipinski definition) is 9. The number of nitro groups is 3. The van der Waals surface area contributed by atoms with E-state index >= 15 is 0 Å². The Morgan fingerprint density at radius 2 is 1.53 bits per heavy atom. The first kappa shape index (κ1) is 24.5. The second kappa shape index (κ2) is 10.7. The summed E-state index contributed by atoms with van der Waals surface area (Å²) in [4.78, 5) is 35.5. The Hall–Kier alpha value is -4.14. The molecule has 0 spiro atoms. The molecule has 0 bridgehead atoms. The highest BCUT2D eigenvalue weighted by molar-refractivity contribution is 14.1. The molecule has 0 fully saturated rings. The van der Waals surface area contributed by atoms with E-state index in [1.807, 2.05) is 22.6 Å². The van der Waals surface area contributed by atoms with Crippen molar-refractivity contribution in [2.75, 3.05) is 6.61 Å². The monoisotopic (exact) mass is 578 g/mol. The number of rotatable bonds is 9. The lowest BCUT2D eigenvalue weighted by Gasteiger charge is -2.14. The maximum Gasteiger partial charge on any atom is 0.318 e. The summed E-state index contributed by atoms with van der Waals surface area (Å²) in [6.07, 6.45) is 1.53. The molecular formula is C21H15IN4O8. The van der Waals surface area contributed by atoms with Crippen LogP contribution in [0.25, 0.3) is 0 Å². The molecule has 0 heterocycles. The highest BCUT2D eigenvalue weighted by atomic mass is 127. The zero-order chi connectivity index (χ0) is 24.8. The van der Waals surface area contributed by atoms with Crippen LogP contribution in [-0.4, -0.2) is 27.6 Å². The van der Waals surface area contributed by atoms with E-state index in [2.05, 4.69) is 4.99 Å². The SMILES string of the molecule is CCOc1cc(C=Nc2ccc([N+](=O)[O-])cc2)cc(I)c1Oc1ccc([N+](=O)[O-])cc1[N+](=O)[O-]. The van der Waals surface area contributed by atoms with E-state index in [4.69, 9.17) is 9.47 Å². The molecule has 0 aliphatic carbocycles. The first-order valence-electron chi connectivity index (χ1n) is 9.55. The van der Waals surface area contributed by atoms with Crippen molar-refractivity contribution in [3.8, 4) is 17.2 Å². The Kier molecular flexibility index (Phi) is 7.68. The van der Waals surface area contributed by atoms with Crippen LogP contribution in [0.15, 0.2) is 59.6 Å². The third-order valence-corrected chi connectivity index (χ3v) is 5.12. The highest BCUT2D eigenvalue weighted by Gasteiger charge is 2.23. The quantitative estimate of drug-likeness (QED) is 0.130. The minimum Gasteiger partial charge on any atom is -0.490 e. The molecule has 3 aromatic rings. The summed E-state index contributed by atoms with van der Waals surface area (Å²) in [6, 6.07) is 12.1. The molecule has 0 atom stereocenters. The Balaban J connectivity index is 1.95. The summed E-state index contributed by atoms with van der Waals surface area (Å²) in [5, 5.41) is 33.2. The number of aliphatic imine (C=N–C) groups is 1. The molecule has 3 aromatic carbocycles. The van der Waals surface area contributed by atoms with Crippen LogP contribution >= 0.6 is 22.6 Å². The molecular weight excluding hydrogens is 563 g/mol. The van der Waals surface area contributed by atoms with Crippen molar-refractivity contribution in [3.05, 3.63) is 94.1 Å². The summed E-state index contributed by atoms with van der Waals surface area (Å²) >= 11 is 1.97. The predicted molar refractivity (Wildman–Crippen MR) is 131 cm³/mol. The van der Waals surface area contributed by atoms with Gasteiger partial charge < -0.3 is 9.47 Å². The van der Waals surface area contributed by atoms with Crippen LogP contribution in [-0.2, 0) is 0 Å². The molecule has 0 aromatic heterocycles. The van der Waals surface area contributed by atoms with Gasteiger partial charge >= 0.3 is 5.69 Å². The van der Waals surface area contributed by atoms with Gasteiger partial charge in [0.15, 0.2) is 11.5 Å². The lowest BCUT2D eigenvalue weighted by Crippen LogP contribution is -2.01. The fraction of sp³-hybridized carbons (Fsp3) is 0.0952. The van der Waals surface area contributed by atoms with Crippen LogP contribution in [0.4, 0.5) is 22.7 Å². The number of non-ortho nitro benzene ring substituents is 2. The number of hydrogen-bond donors (Lipinski definition) is 0. The standard InChI is InChI=1S/C21H15IN4O8/c1-2-33-20-10-13(12-23-14-3-5-15(6-4-14)24(27)28)9-17(22)21(20)34-19-8-7-16(25(29)30)11-18(19)26(31)32/h3-12H,2H2,1H3. The zero-order valence-corrected chi connectivity index (χ0v) is 19.6. The third kappa shape index (κ3) is 5.80. The molecule has 0 saturated carbocycles. The van der Waals surface area contributed by atoms with Crippen molar-refractivity contribution >= 4 is 51.6 Å². The second-order valence-electron chi connectivity index (χ2n) is 6.56. The van der Waals surface area contributed by atoms with Gasteiger partial charge in [-0.1, -0.05) is 0 Å². The van der Waals surface area contributed by atoms with Gasteiger partial charge in [-0.25, -0.2) is 0 Å². The van der Waals surface area contributed by atoms with Crippen molar-refractivity contribution < 1.29 is 24.2 Å². The van der Waals surface area contributed by atoms with Crippen LogP contribution in [0.2, 0.25) is 0 Å². The Morgan fingerprint density at radius 3 is 2.12 bits per heavy atom. The van der Waals surface area contributed by atoms with Crippen LogP contribution in [0, 0.1) is 33.9 Å². The van der Waals surface area contributed by atoms with Crippen molar-refractivity contribution in [1.82, 2.24) is 0 Å². The zero-order valence-electron chi connectivity index (χ0n) is 17.4. The summed E-state index contributed by atoms with van der Waals surface area (Å²) in [5.74, 6) is 0.306. The Bertz CT molecular complexity index is 1290. The lowest BCUT2D eigenvalue weighted by atomic mass is 10.2. The first-order valence-corrected chi connectivity index (χ1v) is 10.6. The second-order valence-corrected chi connectivity index (χ2v) is 7.73. The van der Waals surface area contributed by atoms with Crippen LogP contribution < -0.4 is 9.47 Å². The smallest absolute Gasteiger partial charge is 0.318 e. The van der Waals surface area contributed by atoms with Crippen molar-refractivity contribution in [1.29, 1.82) is 0 Å². The molecule has 174 valence electrons. The number of benzene rings is 3. The van der Waals surface area contributed by atoms with Gasteiger partial charge in [0.25, 0.3) is 11.4 Å². The number of nitrogens with zero attached hydrogens (tertiary/aromatic N) is 4. The van der Waals surface area contributed by atoms with E-state index in [0.29, 0.717) is 14.8 Å². The summed E-state index contributed by atoms with van der Waals surface area (Å²) in [6.45, 7) is 2.03. The molecule has 0 unspecified atom stereocenters. The van der Waals surface area contributed by atoms with E-state index in [-0.39, 0.29) is 29.5 Å². The molecule has 0 radical (unpaired) electrons. The third-order valence-electron chi connectivity index (χ3n) is 4.32. The van der Waals surface area contributed by atoms with E-state index in [1.165, 1.54) is 30.5 Å². The average molecular weight is 578 g/mol. The van der Waals surface area contributed by atoms with E-state index in [9.17, 15) is 30.3 Å². The normalized spacial score (nSPS) is 10.8. The van der Waals surface area contributed by atoms with Crippen molar-refractivity contribution in [3.63, 3.8) is 0 Å². The van der Waals surface area contributed by atoms with E-state index < -0.39 is 26.1 Å². The molecule has 0 amide bonds. The topological polar surface area (TPSA) is 160 Å². The summed E-state index contributed by atoms with van der Waals surface area (Å²) < 4.78 is 12.0. The predicted octanol–water partition coefficient (Wildman–Crippen LogP) is 5.96. The van der Waals surface area contributed by atoms with Gasteiger partial charge in [0.2, 0.25) is 5.75 Å². The van der Waals surface area contributed by atoms with Gasteiger partial charge in [0.1, 0.15) is 0 Å². The molecule has 0 aliphatic heterocycles. The van der Waals surface area contributed by atoms with Gasteiger partial charge in [-0.15, -0.1) is 0 Å². The average Bonchev–Trinajstić information content (AvgIpc) is 2.80.